The van der Waals surface area contributed by atoms with Gasteiger partial charge in [0.2, 0.25) is 0 Å². The number of aromatic hydroxyl groups is 1. The maximum Gasteiger partial charge on any atom is 0.342 e. The first kappa shape index (κ1) is 23.5. The van der Waals surface area contributed by atoms with Crippen molar-refractivity contribution in [3.8, 4) is 5.75 Å². The van der Waals surface area contributed by atoms with Gasteiger partial charge in [-0.1, -0.05) is 17.7 Å². The fourth-order valence-corrected chi connectivity index (χ4v) is 3.49. The number of hydrogen-bond acceptors (Lipinski definition) is 7. The van der Waals surface area contributed by atoms with Gasteiger partial charge in [0.05, 0.1) is 11.7 Å². The zero-order valence-electron chi connectivity index (χ0n) is 17.4. The molecule has 0 aliphatic heterocycles. The van der Waals surface area contributed by atoms with Gasteiger partial charge < -0.3 is 24.8 Å². The number of phenolic OH excluding ortho intramolecular Hbond substituents is 1. The molecule has 0 saturated heterocycles. The van der Waals surface area contributed by atoms with Crippen LogP contribution < -0.4 is 0 Å². The van der Waals surface area contributed by atoms with Crippen LogP contribution in [0.5, 0.6) is 5.75 Å². The monoisotopic (exact) mass is 436 g/mol. The van der Waals surface area contributed by atoms with Crippen LogP contribution in [0.2, 0.25) is 5.02 Å². The molecule has 8 heteroatoms. The van der Waals surface area contributed by atoms with Crippen LogP contribution in [0.4, 0.5) is 0 Å². The molecule has 3 N–H and O–H groups in total. The van der Waals surface area contributed by atoms with Gasteiger partial charge >= 0.3 is 5.97 Å². The lowest BCUT2D eigenvalue weighted by Gasteiger charge is -2.39. The van der Waals surface area contributed by atoms with E-state index in [4.69, 9.17) is 21.1 Å². The van der Waals surface area contributed by atoms with Crippen molar-refractivity contribution in [1.29, 1.82) is 0 Å². The van der Waals surface area contributed by atoms with E-state index in [1.54, 1.807) is 27.7 Å². The fourth-order valence-electron chi connectivity index (χ4n) is 3.32. The predicted octanol–water partition coefficient (Wildman–Crippen LogP) is 4.42. The van der Waals surface area contributed by atoms with Crippen molar-refractivity contribution >= 4 is 23.4 Å². The van der Waals surface area contributed by atoms with Crippen LogP contribution in [0.1, 0.15) is 38.1 Å². The fraction of sp³-hybridized carbons (Fsp3) is 0.364. The van der Waals surface area contributed by atoms with Crippen LogP contribution in [-0.2, 0) is 14.3 Å². The zero-order valence-corrected chi connectivity index (χ0v) is 18.1. The number of aliphatic hydroxyl groups is 2. The van der Waals surface area contributed by atoms with Gasteiger partial charge in [0.1, 0.15) is 17.4 Å². The first-order valence-corrected chi connectivity index (χ1v) is 9.61. The molecule has 0 radical (unpaired) electrons. The minimum atomic E-state index is -1.17. The van der Waals surface area contributed by atoms with Crippen molar-refractivity contribution in [1.82, 2.24) is 0 Å². The van der Waals surface area contributed by atoms with Gasteiger partial charge in [-0.05, 0) is 57.5 Å². The molecule has 0 spiro atoms. The molecule has 0 saturated carbocycles. The molecule has 2 rings (SSSR count). The zero-order chi connectivity index (χ0) is 22.8. The van der Waals surface area contributed by atoms with Crippen molar-refractivity contribution in [2.45, 2.75) is 39.9 Å². The molecule has 1 aliphatic rings. The van der Waals surface area contributed by atoms with E-state index >= 15 is 0 Å². The number of ether oxygens (including phenoxy) is 2. The summed E-state index contributed by atoms with van der Waals surface area (Å²) in [5, 5.41) is 31.1. The van der Waals surface area contributed by atoms with Crippen LogP contribution in [0, 0.1) is 5.41 Å². The van der Waals surface area contributed by atoms with Crippen molar-refractivity contribution in [3.63, 3.8) is 0 Å². The van der Waals surface area contributed by atoms with Gasteiger partial charge in [-0.15, -0.1) is 0 Å². The lowest BCUT2D eigenvalue weighted by atomic mass is 9.70. The summed E-state index contributed by atoms with van der Waals surface area (Å²) < 4.78 is 10.5. The van der Waals surface area contributed by atoms with Crippen LogP contribution in [-0.4, -0.2) is 46.4 Å². The Balaban J connectivity index is 2.53. The summed E-state index contributed by atoms with van der Waals surface area (Å²) in [5.74, 6) is -2.77. The summed E-state index contributed by atoms with van der Waals surface area (Å²) in [7, 11) is 1.33. The van der Waals surface area contributed by atoms with E-state index in [0.29, 0.717) is 5.57 Å². The van der Waals surface area contributed by atoms with Gasteiger partial charge in [0, 0.05) is 17.5 Å². The highest BCUT2D eigenvalue weighted by Crippen LogP contribution is 2.45. The van der Waals surface area contributed by atoms with Crippen molar-refractivity contribution in [2.24, 2.45) is 5.41 Å². The third-order valence-corrected chi connectivity index (χ3v) is 5.28. The van der Waals surface area contributed by atoms with Gasteiger partial charge in [-0.3, -0.25) is 4.79 Å². The van der Waals surface area contributed by atoms with E-state index in [2.05, 4.69) is 0 Å². The Bertz CT molecular complexity index is 958. The minimum Gasteiger partial charge on any atom is -0.507 e. The standard InChI is InChI=1S/C22H25ClO7/c1-11(2)30-21(28)17-12(3)22(4,20(29-5)19(27)18(17)26)9-8-15(24)14-7-6-13(23)10-16(14)25/h6-11,20,25-27H,1-5H3. The van der Waals surface area contributed by atoms with Crippen LogP contribution in [0.15, 0.2) is 53.0 Å². The Morgan fingerprint density at radius 2 is 1.87 bits per heavy atom. The highest BCUT2D eigenvalue weighted by atomic mass is 35.5. The summed E-state index contributed by atoms with van der Waals surface area (Å²) in [6.45, 7) is 6.55. The van der Waals surface area contributed by atoms with E-state index < -0.39 is 40.9 Å². The van der Waals surface area contributed by atoms with Gasteiger partial charge in [0.25, 0.3) is 0 Å². The molecule has 0 amide bonds. The minimum absolute atomic E-state index is 0.0349. The van der Waals surface area contributed by atoms with Crippen LogP contribution >= 0.6 is 11.6 Å². The molecule has 30 heavy (non-hydrogen) atoms. The van der Waals surface area contributed by atoms with E-state index in [9.17, 15) is 24.9 Å². The molecule has 1 aliphatic carbocycles. The predicted molar refractivity (Wildman–Crippen MR) is 112 cm³/mol. The summed E-state index contributed by atoms with van der Waals surface area (Å²) in [5.41, 5.74) is -0.982. The summed E-state index contributed by atoms with van der Waals surface area (Å²) in [4.78, 5) is 25.1. The number of halogens is 1. The Morgan fingerprint density at radius 1 is 1.23 bits per heavy atom. The highest BCUT2D eigenvalue weighted by Gasteiger charge is 2.46. The number of rotatable bonds is 6. The summed E-state index contributed by atoms with van der Waals surface area (Å²) in [6.07, 6.45) is 1.16. The Hall–Kier alpha value is -2.77. The highest BCUT2D eigenvalue weighted by molar-refractivity contribution is 6.31. The number of esters is 1. The average molecular weight is 437 g/mol. The second kappa shape index (κ2) is 8.93. The number of hydrogen-bond donors (Lipinski definition) is 3. The maximum absolute atomic E-state index is 12.6. The van der Waals surface area contributed by atoms with Crippen molar-refractivity contribution < 1.29 is 34.4 Å². The summed E-state index contributed by atoms with van der Waals surface area (Å²) >= 11 is 5.80. The molecule has 0 heterocycles. The molecule has 2 unspecified atom stereocenters. The number of allylic oxidation sites excluding steroid dienone is 1. The lowest BCUT2D eigenvalue weighted by Crippen LogP contribution is -2.41. The van der Waals surface area contributed by atoms with Gasteiger partial charge in [0.15, 0.2) is 17.3 Å². The number of aliphatic hydroxyl groups excluding tert-OH is 2. The molecule has 2 atom stereocenters. The van der Waals surface area contributed by atoms with Gasteiger partial charge in [-0.2, -0.15) is 0 Å². The van der Waals surface area contributed by atoms with Crippen LogP contribution in [0.25, 0.3) is 0 Å². The van der Waals surface area contributed by atoms with E-state index in [0.717, 1.165) is 0 Å². The smallest absolute Gasteiger partial charge is 0.342 e. The molecule has 0 aromatic heterocycles. The Kier molecular flexibility index (Phi) is 7.00. The Morgan fingerprint density at radius 3 is 2.40 bits per heavy atom. The summed E-state index contributed by atoms with van der Waals surface area (Å²) in [6, 6.07) is 4.11. The quantitative estimate of drug-likeness (QED) is 0.343. The molecular formula is C22H25ClO7. The van der Waals surface area contributed by atoms with Gasteiger partial charge in [-0.25, -0.2) is 4.79 Å². The Labute approximate surface area is 179 Å². The molecule has 7 nitrogen and oxygen atoms in total. The maximum atomic E-state index is 12.6. The second-order valence-electron chi connectivity index (χ2n) is 7.45. The second-order valence-corrected chi connectivity index (χ2v) is 7.88. The average Bonchev–Trinajstić information content (AvgIpc) is 2.65. The number of ketones is 1. The number of benzene rings is 1. The molecule has 0 bridgehead atoms. The SMILES string of the molecule is COC1C(O)=C(O)C(C(=O)OC(C)C)=C(C)C1(C)C=CC(=O)c1ccc(Cl)cc1O. The third kappa shape index (κ3) is 4.37. The molecule has 1 aromatic rings. The van der Waals surface area contributed by atoms with Crippen LogP contribution in [0.3, 0.4) is 0 Å². The first-order chi connectivity index (χ1) is 13.9. The number of carbonyl (C=O) groups excluding carboxylic acids is 2. The lowest BCUT2D eigenvalue weighted by molar-refractivity contribution is -0.143. The number of phenols is 1. The number of methoxy groups -OCH3 is 1. The molecule has 0 fully saturated rings. The van der Waals surface area contributed by atoms with Crippen molar-refractivity contribution in [3.05, 3.63) is 63.6 Å². The van der Waals surface area contributed by atoms with E-state index in [-0.39, 0.29) is 21.9 Å². The van der Waals surface area contributed by atoms with Crippen molar-refractivity contribution in [2.75, 3.05) is 7.11 Å². The molecular weight excluding hydrogens is 412 g/mol. The number of carbonyl (C=O) groups is 2. The largest absolute Gasteiger partial charge is 0.507 e. The van der Waals surface area contributed by atoms with E-state index in [1.807, 2.05) is 0 Å². The topological polar surface area (TPSA) is 113 Å². The first-order valence-electron chi connectivity index (χ1n) is 9.23. The third-order valence-electron chi connectivity index (χ3n) is 5.04. The molecule has 1 aromatic carbocycles. The molecule has 162 valence electrons. The van der Waals surface area contributed by atoms with E-state index in [1.165, 1.54) is 37.5 Å². The normalized spacial score (nSPS) is 22.2.